The maximum atomic E-state index is 12.1. The van der Waals surface area contributed by atoms with Gasteiger partial charge in [0.05, 0.1) is 6.61 Å². The summed E-state index contributed by atoms with van der Waals surface area (Å²) >= 11 is 0. The predicted molar refractivity (Wildman–Crippen MR) is 87.1 cm³/mol. The van der Waals surface area contributed by atoms with Gasteiger partial charge in [-0.3, -0.25) is 4.79 Å². The summed E-state index contributed by atoms with van der Waals surface area (Å²) in [6, 6.07) is 8.17. The average Bonchev–Trinajstić information content (AvgIpc) is 2.59. The van der Waals surface area contributed by atoms with Crippen LogP contribution in [-0.4, -0.2) is 32.1 Å². The van der Waals surface area contributed by atoms with E-state index in [-0.39, 0.29) is 5.91 Å². The first kappa shape index (κ1) is 15.3. The minimum Gasteiger partial charge on any atom is -0.493 e. The number of fused-ring (bicyclic) bond motifs is 1. The zero-order chi connectivity index (χ0) is 15.2. The highest BCUT2D eigenvalue weighted by Gasteiger charge is 2.21. The molecule has 0 spiro atoms. The number of hydrogen-bond donors (Lipinski definition) is 2. The van der Waals surface area contributed by atoms with Gasteiger partial charge in [-0.25, -0.2) is 0 Å². The van der Waals surface area contributed by atoms with Gasteiger partial charge in [-0.05, 0) is 56.3 Å². The second-order valence-electron chi connectivity index (χ2n) is 6.41. The summed E-state index contributed by atoms with van der Waals surface area (Å²) in [6.45, 7) is 3.67. The average molecular weight is 302 g/mol. The molecule has 0 aliphatic carbocycles. The van der Waals surface area contributed by atoms with Crippen molar-refractivity contribution in [2.75, 3.05) is 26.2 Å². The molecule has 2 aliphatic heterocycles. The van der Waals surface area contributed by atoms with E-state index in [0.29, 0.717) is 12.3 Å². The molecule has 4 heteroatoms. The lowest BCUT2D eigenvalue weighted by Crippen LogP contribution is -2.32. The van der Waals surface area contributed by atoms with E-state index in [4.69, 9.17) is 4.74 Å². The number of nitrogens with one attached hydrogen (secondary N) is 2. The quantitative estimate of drug-likeness (QED) is 0.878. The molecule has 0 saturated carbocycles. The van der Waals surface area contributed by atoms with Gasteiger partial charge in [0.1, 0.15) is 5.75 Å². The van der Waals surface area contributed by atoms with E-state index >= 15 is 0 Å². The Kier molecular flexibility index (Phi) is 5.33. The van der Waals surface area contributed by atoms with E-state index in [1.165, 1.54) is 18.4 Å². The van der Waals surface area contributed by atoms with Gasteiger partial charge >= 0.3 is 0 Å². The summed E-state index contributed by atoms with van der Waals surface area (Å²) < 4.78 is 5.67. The fraction of sp³-hybridized carbons (Fsp3) is 0.611. The first-order valence-corrected chi connectivity index (χ1v) is 8.52. The van der Waals surface area contributed by atoms with Crippen molar-refractivity contribution in [2.24, 2.45) is 5.92 Å². The van der Waals surface area contributed by atoms with Gasteiger partial charge in [0, 0.05) is 18.9 Å². The lowest BCUT2D eigenvalue weighted by molar-refractivity contribution is -0.121. The molecule has 1 amide bonds. The van der Waals surface area contributed by atoms with Crippen LogP contribution < -0.4 is 15.4 Å². The molecule has 2 aliphatic rings. The molecular weight excluding hydrogens is 276 g/mol. The number of piperidine rings is 1. The highest BCUT2D eigenvalue weighted by molar-refractivity contribution is 5.75. The Hall–Kier alpha value is -1.55. The number of carbonyl (C=O) groups excluding carboxylic acids is 1. The van der Waals surface area contributed by atoms with Crippen LogP contribution in [-0.2, 0) is 4.79 Å². The molecule has 0 bridgehead atoms. The standard InChI is InChI=1S/C18H26N2O2/c21-18(6-5-14-7-10-19-11-8-14)20-13-15-9-12-22-17-4-2-1-3-16(15)17/h1-4,14-15,19H,5-13H2,(H,20,21). The lowest BCUT2D eigenvalue weighted by atomic mass is 9.92. The Bertz CT molecular complexity index is 498. The molecule has 1 atom stereocenters. The number of benzene rings is 1. The summed E-state index contributed by atoms with van der Waals surface area (Å²) in [6.07, 6.45) is 5.08. The van der Waals surface area contributed by atoms with E-state index in [0.717, 1.165) is 50.8 Å². The maximum absolute atomic E-state index is 12.1. The summed E-state index contributed by atoms with van der Waals surface area (Å²) in [5.41, 5.74) is 1.23. The first-order valence-electron chi connectivity index (χ1n) is 8.52. The molecule has 1 aromatic rings. The predicted octanol–water partition coefficient (Wildman–Crippen LogP) is 2.45. The summed E-state index contributed by atoms with van der Waals surface area (Å²) in [5, 5.41) is 6.49. The molecule has 1 fully saturated rings. The van der Waals surface area contributed by atoms with Crippen LogP contribution in [0.5, 0.6) is 5.75 Å². The third-order valence-electron chi connectivity index (χ3n) is 4.87. The van der Waals surface area contributed by atoms with Crippen molar-refractivity contribution in [3.63, 3.8) is 0 Å². The van der Waals surface area contributed by atoms with E-state index in [1.807, 2.05) is 18.2 Å². The van der Waals surface area contributed by atoms with Gasteiger partial charge in [0.25, 0.3) is 0 Å². The maximum Gasteiger partial charge on any atom is 0.220 e. The number of amides is 1. The van der Waals surface area contributed by atoms with Crippen LogP contribution in [0, 0.1) is 5.92 Å². The van der Waals surface area contributed by atoms with Crippen molar-refractivity contribution in [1.82, 2.24) is 10.6 Å². The van der Waals surface area contributed by atoms with Crippen molar-refractivity contribution in [3.05, 3.63) is 29.8 Å². The van der Waals surface area contributed by atoms with E-state index in [2.05, 4.69) is 16.7 Å². The molecule has 22 heavy (non-hydrogen) atoms. The number of rotatable bonds is 5. The third kappa shape index (κ3) is 4.01. The monoisotopic (exact) mass is 302 g/mol. The molecule has 1 aromatic carbocycles. The van der Waals surface area contributed by atoms with Gasteiger partial charge in [-0.15, -0.1) is 0 Å². The van der Waals surface area contributed by atoms with Crippen LogP contribution in [0.25, 0.3) is 0 Å². The normalized spacial score (nSPS) is 21.7. The largest absolute Gasteiger partial charge is 0.493 e. The number of hydrogen-bond acceptors (Lipinski definition) is 3. The molecule has 1 unspecified atom stereocenters. The zero-order valence-corrected chi connectivity index (χ0v) is 13.1. The van der Waals surface area contributed by atoms with Gasteiger partial charge in [0.2, 0.25) is 5.91 Å². The zero-order valence-electron chi connectivity index (χ0n) is 13.1. The lowest BCUT2D eigenvalue weighted by Gasteiger charge is -2.26. The molecule has 2 N–H and O–H groups in total. The van der Waals surface area contributed by atoms with Crippen molar-refractivity contribution in [1.29, 1.82) is 0 Å². The first-order chi connectivity index (χ1) is 10.8. The third-order valence-corrected chi connectivity index (χ3v) is 4.87. The van der Waals surface area contributed by atoms with Crippen LogP contribution in [0.1, 0.15) is 43.6 Å². The molecule has 0 aromatic heterocycles. The van der Waals surface area contributed by atoms with Crippen molar-refractivity contribution in [3.8, 4) is 5.75 Å². The Morgan fingerprint density at radius 1 is 1.23 bits per heavy atom. The molecular formula is C18H26N2O2. The summed E-state index contributed by atoms with van der Waals surface area (Å²) in [4.78, 5) is 12.1. The highest BCUT2D eigenvalue weighted by Crippen LogP contribution is 2.32. The van der Waals surface area contributed by atoms with E-state index < -0.39 is 0 Å². The van der Waals surface area contributed by atoms with Crippen LogP contribution in [0.2, 0.25) is 0 Å². The van der Waals surface area contributed by atoms with Crippen molar-refractivity contribution >= 4 is 5.91 Å². The van der Waals surface area contributed by atoms with Crippen LogP contribution in [0.3, 0.4) is 0 Å². The minimum atomic E-state index is 0.197. The number of ether oxygens (including phenoxy) is 1. The molecule has 2 heterocycles. The smallest absolute Gasteiger partial charge is 0.220 e. The van der Waals surface area contributed by atoms with Gasteiger partial charge in [0.15, 0.2) is 0 Å². The number of para-hydroxylation sites is 1. The Morgan fingerprint density at radius 3 is 2.91 bits per heavy atom. The molecule has 4 nitrogen and oxygen atoms in total. The fourth-order valence-electron chi connectivity index (χ4n) is 3.46. The minimum absolute atomic E-state index is 0.197. The van der Waals surface area contributed by atoms with Crippen molar-refractivity contribution < 1.29 is 9.53 Å². The Labute approximate surface area is 132 Å². The van der Waals surface area contributed by atoms with Crippen LogP contribution in [0.15, 0.2) is 24.3 Å². The highest BCUT2D eigenvalue weighted by atomic mass is 16.5. The van der Waals surface area contributed by atoms with E-state index in [1.54, 1.807) is 0 Å². The van der Waals surface area contributed by atoms with Crippen LogP contribution in [0.4, 0.5) is 0 Å². The second kappa shape index (κ2) is 7.63. The molecule has 120 valence electrons. The van der Waals surface area contributed by atoms with Crippen molar-refractivity contribution in [2.45, 2.75) is 38.0 Å². The van der Waals surface area contributed by atoms with Crippen LogP contribution >= 0.6 is 0 Å². The van der Waals surface area contributed by atoms with E-state index in [9.17, 15) is 4.79 Å². The SMILES string of the molecule is O=C(CCC1CCNCC1)NCC1CCOc2ccccc21. The fourth-order valence-corrected chi connectivity index (χ4v) is 3.46. The molecule has 1 saturated heterocycles. The molecule has 0 radical (unpaired) electrons. The molecule has 3 rings (SSSR count). The van der Waals surface area contributed by atoms with Gasteiger partial charge < -0.3 is 15.4 Å². The second-order valence-corrected chi connectivity index (χ2v) is 6.41. The summed E-state index contributed by atoms with van der Waals surface area (Å²) in [5.74, 6) is 2.27. The number of carbonyl (C=O) groups is 1. The Balaban J connectivity index is 1.43. The topological polar surface area (TPSA) is 50.4 Å². The van der Waals surface area contributed by atoms with Gasteiger partial charge in [-0.2, -0.15) is 0 Å². The summed E-state index contributed by atoms with van der Waals surface area (Å²) in [7, 11) is 0. The van der Waals surface area contributed by atoms with Gasteiger partial charge in [-0.1, -0.05) is 18.2 Å². The Morgan fingerprint density at radius 2 is 2.05 bits per heavy atom.